The zero-order chi connectivity index (χ0) is 9.30. The van der Waals surface area contributed by atoms with E-state index in [0.717, 1.165) is 6.54 Å². The minimum atomic E-state index is 0.573. The maximum atomic E-state index is 2.40. The Bertz CT molecular complexity index is 184. The highest BCUT2D eigenvalue weighted by Gasteiger charge is 2.24. The summed E-state index contributed by atoms with van der Waals surface area (Å²) in [6, 6.07) is 1.20. The van der Waals surface area contributed by atoms with E-state index in [9.17, 15) is 0 Å². The molecule has 0 fully saturated rings. The van der Waals surface area contributed by atoms with Gasteiger partial charge in [0.15, 0.2) is 0 Å². The van der Waals surface area contributed by atoms with E-state index in [-0.39, 0.29) is 0 Å². The molecule has 0 aromatic rings. The second-order valence-electron chi connectivity index (χ2n) is 4.12. The third-order valence-corrected chi connectivity index (χ3v) is 2.74. The highest BCUT2D eigenvalue weighted by atomic mass is 15.2. The van der Waals surface area contributed by atoms with E-state index in [1.807, 2.05) is 0 Å². The third-order valence-electron chi connectivity index (χ3n) is 2.74. The van der Waals surface area contributed by atoms with Gasteiger partial charge in [0, 0.05) is 18.6 Å². The molecule has 1 heterocycles. The van der Waals surface area contributed by atoms with E-state index >= 15 is 0 Å². The molecule has 0 saturated heterocycles. The quantitative estimate of drug-likeness (QED) is 0.543. The molecule has 12 heavy (non-hydrogen) atoms. The van der Waals surface area contributed by atoms with Gasteiger partial charge in [0.1, 0.15) is 0 Å². The van der Waals surface area contributed by atoms with E-state index in [2.05, 4.69) is 50.9 Å². The molecule has 2 atom stereocenters. The fourth-order valence-corrected chi connectivity index (χ4v) is 1.86. The Labute approximate surface area is 75.8 Å². The lowest BCUT2D eigenvalue weighted by Gasteiger charge is -2.38. The minimum Gasteiger partial charge on any atom is -0.301 e. The molecule has 1 aliphatic heterocycles. The number of nitrogens with zero attached hydrogens (tertiary/aromatic N) is 2. The molecule has 0 amide bonds. The van der Waals surface area contributed by atoms with Gasteiger partial charge in [-0.25, -0.2) is 0 Å². The van der Waals surface area contributed by atoms with Gasteiger partial charge >= 0.3 is 0 Å². The highest BCUT2D eigenvalue weighted by Crippen LogP contribution is 2.17. The van der Waals surface area contributed by atoms with Gasteiger partial charge in [0.2, 0.25) is 0 Å². The maximum Gasteiger partial charge on any atom is 0.0428 e. The SMILES string of the molecule is CC1=C[C@@H](N(C)C)[C@H](C)N(C)C1. The predicted octanol–water partition coefficient (Wildman–Crippen LogP) is 1.20. The molecule has 70 valence electrons. The van der Waals surface area contributed by atoms with Crippen LogP contribution in [0.15, 0.2) is 11.6 Å². The second-order valence-corrected chi connectivity index (χ2v) is 4.12. The van der Waals surface area contributed by atoms with Crippen molar-refractivity contribution in [2.24, 2.45) is 0 Å². The average molecular weight is 168 g/mol. The van der Waals surface area contributed by atoms with Crippen molar-refractivity contribution >= 4 is 0 Å². The third kappa shape index (κ3) is 1.87. The number of hydrogen-bond donors (Lipinski definition) is 0. The van der Waals surface area contributed by atoms with Crippen LogP contribution in [-0.2, 0) is 0 Å². The van der Waals surface area contributed by atoms with Gasteiger partial charge in [-0.15, -0.1) is 0 Å². The predicted molar refractivity (Wildman–Crippen MR) is 53.3 cm³/mol. The number of likely N-dealkylation sites (N-methyl/N-ethyl adjacent to an activating group) is 2. The topological polar surface area (TPSA) is 6.48 Å². The van der Waals surface area contributed by atoms with Crippen LogP contribution >= 0.6 is 0 Å². The van der Waals surface area contributed by atoms with E-state index < -0.39 is 0 Å². The van der Waals surface area contributed by atoms with Crippen molar-refractivity contribution in [3.05, 3.63) is 11.6 Å². The molecule has 0 unspecified atom stereocenters. The molecule has 1 rings (SSSR count). The first-order valence-corrected chi connectivity index (χ1v) is 4.56. The summed E-state index contributed by atoms with van der Waals surface area (Å²) in [6.07, 6.45) is 2.38. The zero-order valence-electron chi connectivity index (χ0n) is 8.83. The molecule has 2 nitrogen and oxygen atoms in total. The molecule has 0 radical (unpaired) electrons. The smallest absolute Gasteiger partial charge is 0.0428 e. The highest BCUT2D eigenvalue weighted by molar-refractivity contribution is 5.13. The molecule has 2 heteroatoms. The fraction of sp³-hybridized carbons (Fsp3) is 0.800. The van der Waals surface area contributed by atoms with Crippen LogP contribution in [0.4, 0.5) is 0 Å². The van der Waals surface area contributed by atoms with Crippen molar-refractivity contribution < 1.29 is 0 Å². The summed E-state index contributed by atoms with van der Waals surface area (Å²) >= 11 is 0. The van der Waals surface area contributed by atoms with E-state index in [4.69, 9.17) is 0 Å². The molecule has 0 aromatic carbocycles. The van der Waals surface area contributed by atoms with E-state index in [1.165, 1.54) is 5.57 Å². The molecule has 0 aromatic heterocycles. The molecule has 0 N–H and O–H groups in total. The first-order chi connectivity index (χ1) is 5.52. The van der Waals surface area contributed by atoms with Gasteiger partial charge in [-0.2, -0.15) is 0 Å². The van der Waals surface area contributed by atoms with Gasteiger partial charge in [0.25, 0.3) is 0 Å². The van der Waals surface area contributed by atoms with Gasteiger partial charge in [-0.1, -0.05) is 11.6 Å². The summed E-state index contributed by atoms with van der Waals surface area (Å²) in [6.45, 7) is 5.61. The summed E-state index contributed by atoms with van der Waals surface area (Å²) in [5.41, 5.74) is 1.48. The van der Waals surface area contributed by atoms with Crippen molar-refractivity contribution in [1.82, 2.24) is 9.80 Å². The van der Waals surface area contributed by atoms with Crippen LogP contribution in [-0.4, -0.2) is 49.6 Å². The Hall–Kier alpha value is -0.340. The Morgan fingerprint density at radius 1 is 1.50 bits per heavy atom. The Balaban J connectivity index is 2.77. The first kappa shape index (κ1) is 9.75. The molecule has 0 bridgehead atoms. The zero-order valence-corrected chi connectivity index (χ0v) is 8.83. The molecular weight excluding hydrogens is 148 g/mol. The summed E-state index contributed by atoms with van der Waals surface area (Å²) in [7, 11) is 6.48. The van der Waals surface area contributed by atoms with E-state index in [0.29, 0.717) is 12.1 Å². The van der Waals surface area contributed by atoms with E-state index in [1.54, 1.807) is 0 Å². The van der Waals surface area contributed by atoms with Crippen molar-refractivity contribution in [3.63, 3.8) is 0 Å². The summed E-state index contributed by atoms with van der Waals surface area (Å²) < 4.78 is 0. The van der Waals surface area contributed by atoms with Crippen LogP contribution < -0.4 is 0 Å². The van der Waals surface area contributed by atoms with Crippen molar-refractivity contribution in [3.8, 4) is 0 Å². The monoisotopic (exact) mass is 168 g/mol. The Morgan fingerprint density at radius 2 is 2.08 bits per heavy atom. The lowest BCUT2D eigenvalue weighted by molar-refractivity contribution is 0.165. The van der Waals surface area contributed by atoms with Crippen LogP contribution in [0.2, 0.25) is 0 Å². The minimum absolute atomic E-state index is 0.573. The molecular formula is C10H20N2. The van der Waals surface area contributed by atoms with Crippen LogP contribution in [0.1, 0.15) is 13.8 Å². The maximum absolute atomic E-state index is 2.40. The van der Waals surface area contributed by atoms with Gasteiger partial charge in [-0.3, -0.25) is 4.90 Å². The van der Waals surface area contributed by atoms with Gasteiger partial charge < -0.3 is 4.90 Å². The van der Waals surface area contributed by atoms with Crippen molar-refractivity contribution in [2.45, 2.75) is 25.9 Å². The fourth-order valence-electron chi connectivity index (χ4n) is 1.86. The Kier molecular flexibility index (Phi) is 2.91. The Morgan fingerprint density at radius 3 is 2.58 bits per heavy atom. The normalized spacial score (nSPS) is 32.3. The van der Waals surface area contributed by atoms with Crippen molar-refractivity contribution in [2.75, 3.05) is 27.7 Å². The summed E-state index contributed by atoms with van der Waals surface area (Å²) in [4.78, 5) is 4.68. The molecule has 1 aliphatic rings. The number of hydrogen-bond acceptors (Lipinski definition) is 2. The summed E-state index contributed by atoms with van der Waals surface area (Å²) in [5.74, 6) is 0. The summed E-state index contributed by atoms with van der Waals surface area (Å²) in [5, 5.41) is 0. The second kappa shape index (κ2) is 3.58. The molecule has 0 saturated carbocycles. The van der Waals surface area contributed by atoms with Crippen LogP contribution in [0.25, 0.3) is 0 Å². The standard InChI is InChI=1S/C10H20N2/c1-8-6-10(11(3)4)9(2)12(5)7-8/h6,9-10H,7H2,1-5H3/t9-,10+/m0/s1. The first-order valence-electron chi connectivity index (χ1n) is 4.56. The molecule has 0 aliphatic carbocycles. The van der Waals surface area contributed by atoms with Crippen LogP contribution in [0, 0.1) is 0 Å². The van der Waals surface area contributed by atoms with Gasteiger partial charge in [-0.05, 0) is 35.0 Å². The van der Waals surface area contributed by atoms with Crippen LogP contribution in [0.5, 0.6) is 0 Å². The number of rotatable bonds is 1. The lowest BCUT2D eigenvalue weighted by Crippen LogP contribution is -2.48. The average Bonchev–Trinajstić information content (AvgIpc) is 1.96. The van der Waals surface area contributed by atoms with Crippen molar-refractivity contribution in [1.29, 1.82) is 0 Å². The molecule has 0 spiro atoms. The van der Waals surface area contributed by atoms with Crippen LogP contribution in [0.3, 0.4) is 0 Å². The lowest BCUT2D eigenvalue weighted by atomic mass is 9.99. The van der Waals surface area contributed by atoms with Gasteiger partial charge in [0.05, 0.1) is 0 Å². The largest absolute Gasteiger partial charge is 0.301 e.